The third-order valence-electron chi connectivity index (χ3n) is 4.03. The summed E-state index contributed by atoms with van der Waals surface area (Å²) in [7, 11) is 1.63. The van der Waals surface area contributed by atoms with E-state index in [-0.39, 0.29) is 31.6 Å². The van der Waals surface area contributed by atoms with Crippen LogP contribution in [0.5, 0.6) is 0 Å². The summed E-state index contributed by atoms with van der Waals surface area (Å²) in [5.41, 5.74) is 0.389. The van der Waals surface area contributed by atoms with E-state index in [1.807, 2.05) is 0 Å². The van der Waals surface area contributed by atoms with Gasteiger partial charge >= 0.3 is 11.9 Å². The average molecular weight is 291 g/mol. The van der Waals surface area contributed by atoms with E-state index >= 15 is 0 Å². The second-order valence-corrected chi connectivity index (χ2v) is 5.25. The molecule has 0 aliphatic carbocycles. The number of amides is 1. The molecule has 0 unspecified atom stereocenters. The van der Waals surface area contributed by atoms with Crippen LogP contribution in [0.25, 0.3) is 0 Å². The Bertz CT molecular complexity index is 577. The molecule has 0 radical (unpaired) electrons. The molecule has 2 rings (SSSR count). The molecule has 0 aromatic heterocycles. The summed E-state index contributed by atoms with van der Waals surface area (Å²) in [6.45, 7) is 0. The lowest BCUT2D eigenvalue weighted by Crippen LogP contribution is -2.39. The molecule has 0 saturated carbocycles. The van der Waals surface area contributed by atoms with Gasteiger partial charge in [0.2, 0.25) is 5.91 Å². The van der Waals surface area contributed by atoms with Crippen LogP contribution in [0.4, 0.5) is 5.69 Å². The number of aliphatic carboxylic acids is 2. The minimum Gasteiger partial charge on any atom is -0.481 e. The van der Waals surface area contributed by atoms with Crippen molar-refractivity contribution in [1.29, 1.82) is 0 Å². The van der Waals surface area contributed by atoms with Crippen molar-refractivity contribution in [2.75, 3.05) is 11.9 Å². The van der Waals surface area contributed by atoms with Crippen molar-refractivity contribution in [2.45, 2.75) is 31.1 Å². The van der Waals surface area contributed by atoms with Crippen molar-refractivity contribution >= 4 is 23.5 Å². The summed E-state index contributed by atoms with van der Waals surface area (Å²) in [4.78, 5) is 35.9. The molecule has 0 spiro atoms. The van der Waals surface area contributed by atoms with E-state index in [0.717, 1.165) is 11.3 Å². The zero-order valence-corrected chi connectivity index (χ0v) is 11.7. The molecule has 1 amide bonds. The van der Waals surface area contributed by atoms with Crippen LogP contribution in [0, 0.1) is 0 Å². The van der Waals surface area contributed by atoms with Crippen LogP contribution in [0.2, 0.25) is 0 Å². The third-order valence-corrected chi connectivity index (χ3v) is 4.03. The number of carbonyl (C=O) groups is 3. The van der Waals surface area contributed by atoms with Gasteiger partial charge in [-0.3, -0.25) is 14.4 Å². The lowest BCUT2D eigenvalue weighted by molar-refractivity contribution is -0.137. The van der Waals surface area contributed by atoms with Crippen molar-refractivity contribution in [3.8, 4) is 0 Å². The van der Waals surface area contributed by atoms with Crippen LogP contribution in [0.1, 0.15) is 31.2 Å². The predicted molar refractivity (Wildman–Crippen MR) is 75.3 cm³/mol. The van der Waals surface area contributed by atoms with Gasteiger partial charge < -0.3 is 15.1 Å². The molecular weight excluding hydrogens is 274 g/mol. The number of likely N-dealkylation sites (N-methyl/N-ethyl adjacent to an activating group) is 1. The Morgan fingerprint density at radius 3 is 2.14 bits per heavy atom. The largest absolute Gasteiger partial charge is 0.481 e. The van der Waals surface area contributed by atoms with Gasteiger partial charge in [-0.05, 0) is 24.5 Å². The number of benzene rings is 1. The number of hydrogen-bond acceptors (Lipinski definition) is 3. The smallest absolute Gasteiger partial charge is 0.303 e. The van der Waals surface area contributed by atoms with Crippen molar-refractivity contribution in [3.63, 3.8) is 0 Å². The van der Waals surface area contributed by atoms with Gasteiger partial charge in [0.25, 0.3) is 0 Å². The summed E-state index contributed by atoms with van der Waals surface area (Å²) in [5.74, 6) is -2.22. The van der Waals surface area contributed by atoms with Crippen LogP contribution >= 0.6 is 0 Å². The van der Waals surface area contributed by atoms with Crippen LogP contribution in [0.3, 0.4) is 0 Å². The molecule has 1 aliphatic rings. The Morgan fingerprint density at radius 2 is 1.62 bits per heavy atom. The maximum absolute atomic E-state index is 12.6. The molecular formula is C15H17NO5. The molecule has 1 aliphatic heterocycles. The molecule has 0 saturated heterocycles. The lowest BCUT2D eigenvalue weighted by Gasteiger charge is -2.27. The van der Waals surface area contributed by atoms with Gasteiger partial charge in [-0.15, -0.1) is 0 Å². The first kappa shape index (κ1) is 15.0. The Labute approximate surface area is 122 Å². The summed E-state index contributed by atoms with van der Waals surface area (Å²) in [6, 6.07) is 7.14. The highest BCUT2D eigenvalue weighted by Crippen LogP contribution is 2.46. The van der Waals surface area contributed by atoms with Gasteiger partial charge in [0.15, 0.2) is 0 Å². The molecule has 112 valence electrons. The van der Waals surface area contributed by atoms with Crippen LogP contribution in [0.15, 0.2) is 24.3 Å². The number of carboxylic acid groups (broad SMARTS) is 2. The normalized spacial score (nSPS) is 15.9. The van der Waals surface area contributed by atoms with E-state index in [1.54, 1.807) is 31.3 Å². The SMILES string of the molecule is CN1C(=O)C(CCC(=O)O)(CCC(=O)O)c2ccccc21. The van der Waals surface area contributed by atoms with E-state index in [1.165, 1.54) is 4.90 Å². The fourth-order valence-electron chi connectivity index (χ4n) is 2.97. The van der Waals surface area contributed by atoms with E-state index in [0.29, 0.717) is 0 Å². The van der Waals surface area contributed by atoms with Gasteiger partial charge in [-0.2, -0.15) is 0 Å². The second-order valence-electron chi connectivity index (χ2n) is 5.25. The van der Waals surface area contributed by atoms with Gasteiger partial charge in [-0.1, -0.05) is 18.2 Å². The number of para-hydroxylation sites is 1. The average Bonchev–Trinajstić information content (AvgIpc) is 2.66. The summed E-state index contributed by atoms with van der Waals surface area (Å²) in [5, 5.41) is 17.8. The van der Waals surface area contributed by atoms with Gasteiger partial charge in [0.1, 0.15) is 0 Å². The fourth-order valence-corrected chi connectivity index (χ4v) is 2.97. The number of carbonyl (C=O) groups excluding carboxylic acids is 1. The standard InChI is InChI=1S/C15H17NO5/c1-16-11-5-3-2-4-10(11)15(14(16)21,8-6-12(17)18)9-7-13(19)20/h2-5H,6-9H2,1H3,(H,17,18)(H,19,20). The molecule has 0 bridgehead atoms. The number of carboxylic acids is 2. The molecule has 1 aromatic carbocycles. The molecule has 0 atom stereocenters. The molecule has 6 heteroatoms. The first-order valence-electron chi connectivity index (χ1n) is 6.70. The van der Waals surface area contributed by atoms with E-state index in [9.17, 15) is 14.4 Å². The first-order chi connectivity index (χ1) is 9.88. The molecule has 1 heterocycles. The number of hydrogen-bond donors (Lipinski definition) is 2. The highest BCUT2D eigenvalue weighted by atomic mass is 16.4. The number of nitrogens with zero attached hydrogens (tertiary/aromatic N) is 1. The third kappa shape index (κ3) is 2.61. The Kier molecular flexibility index (Phi) is 3.97. The number of rotatable bonds is 6. The minimum atomic E-state index is -1.05. The quantitative estimate of drug-likeness (QED) is 0.830. The van der Waals surface area contributed by atoms with Gasteiger partial charge in [0.05, 0.1) is 5.41 Å². The van der Waals surface area contributed by atoms with Crippen LogP contribution in [-0.2, 0) is 19.8 Å². The Balaban J connectivity index is 2.45. The number of anilines is 1. The molecule has 1 aromatic rings. The molecule has 6 nitrogen and oxygen atoms in total. The van der Waals surface area contributed by atoms with E-state index in [4.69, 9.17) is 10.2 Å². The Hall–Kier alpha value is -2.37. The first-order valence-corrected chi connectivity index (χ1v) is 6.70. The summed E-state index contributed by atoms with van der Waals surface area (Å²) >= 11 is 0. The minimum absolute atomic E-state index is 0.107. The zero-order valence-electron chi connectivity index (χ0n) is 11.7. The zero-order chi connectivity index (χ0) is 15.6. The monoisotopic (exact) mass is 291 g/mol. The van der Waals surface area contributed by atoms with Crippen LogP contribution in [-0.4, -0.2) is 35.1 Å². The highest BCUT2D eigenvalue weighted by molar-refractivity contribution is 6.08. The number of fused-ring (bicyclic) bond motifs is 1. The van der Waals surface area contributed by atoms with E-state index < -0.39 is 17.4 Å². The van der Waals surface area contributed by atoms with Crippen molar-refractivity contribution in [1.82, 2.24) is 0 Å². The lowest BCUT2D eigenvalue weighted by atomic mass is 9.74. The summed E-state index contributed by atoms with van der Waals surface area (Å²) in [6.07, 6.45) is -0.132. The maximum Gasteiger partial charge on any atom is 0.303 e. The molecule has 0 fully saturated rings. The topological polar surface area (TPSA) is 94.9 Å². The van der Waals surface area contributed by atoms with Crippen molar-refractivity contribution < 1.29 is 24.6 Å². The summed E-state index contributed by atoms with van der Waals surface area (Å²) < 4.78 is 0. The maximum atomic E-state index is 12.6. The predicted octanol–water partition coefficient (Wildman–Crippen LogP) is 1.63. The van der Waals surface area contributed by atoms with Gasteiger partial charge in [0, 0.05) is 25.6 Å². The van der Waals surface area contributed by atoms with Crippen LogP contribution < -0.4 is 4.90 Å². The Morgan fingerprint density at radius 1 is 1.10 bits per heavy atom. The van der Waals surface area contributed by atoms with Crippen molar-refractivity contribution in [3.05, 3.63) is 29.8 Å². The molecule has 2 N–H and O–H groups in total. The highest BCUT2D eigenvalue weighted by Gasteiger charge is 2.49. The molecule has 21 heavy (non-hydrogen) atoms. The van der Waals surface area contributed by atoms with Crippen molar-refractivity contribution in [2.24, 2.45) is 0 Å². The fraction of sp³-hybridized carbons (Fsp3) is 0.400. The van der Waals surface area contributed by atoms with E-state index in [2.05, 4.69) is 0 Å². The van der Waals surface area contributed by atoms with Gasteiger partial charge in [-0.25, -0.2) is 0 Å². The second kappa shape index (κ2) is 5.55.